The van der Waals surface area contributed by atoms with E-state index < -0.39 is 0 Å². The summed E-state index contributed by atoms with van der Waals surface area (Å²) in [7, 11) is 0. The summed E-state index contributed by atoms with van der Waals surface area (Å²) in [5.41, 5.74) is 2.19. The molecule has 0 atom stereocenters. The monoisotopic (exact) mass is 621 g/mol. The molecule has 4 rings (SSSR count). The van der Waals surface area contributed by atoms with Crippen molar-refractivity contribution in [2.75, 3.05) is 11.5 Å². The van der Waals surface area contributed by atoms with Crippen LogP contribution >= 0.6 is 55.2 Å². The fourth-order valence-electron chi connectivity index (χ4n) is 3.24. The number of anilines is 1. The summed E-state index contributed by atoms with van der Waals surface area (Å²) in [6.07, 6.45) is 1.67. The molecule has 0 bridgehead atoms. The van der Waals surface area contributed by atoms with Crippen LogP contribution in [-0.2, 0) is 11.4 Å². The molecule has 0 radical (unpaired) electrons. The van der Waals surface area contributed by atoms with E-state index in [2.05, 4.69) is 31.9 Å². The van der Waals surface area contributed by atoms with Crippen LogP contribution in [0.25, 0.3) is 6.08 Å². The Balaban J connectivity index is 1.59. The van der Waals surface area contributed by atoms with E-state index in [9.17, 15) is 9.59 Å². The van der Waals surface area contributed by atoms with Gasteiger partial charge in [-0.2, -0.15) is 0 Å². The van der Waals surface area contributed by atoms with Crippen molar-refractivity contribution in [3.63, 3.8) is 0 Å². The highest BCUT2D eigenvalue weighted by atomic mass is 79.9. The van der Waals surface area contributed by atoms with Crippen molar-refractivity contribution in [3.05, 3.63) is 90.7 Å². The minimum Gasteiger partial charge on any atom is -0.490 e. The first-order valence-electron chi connectivity index (χ1n) is 10.2. The molecule has 0 spiro atoms. The van der Waals surface area contributed by atoms with E-state index in [0.717, 1.165) is 26.7 Å². The van der Waals surface area contributed by atoms with Crippen LogP contribution in [0.2, 0.25) is 5.02 Å². The number of hydrogen-bond donors (Lipinski definition) is 0. The Morgan fingerprint density at radius 3 is 2.38 bits per heavy atom. The maximum absolute atomic E-state index is 13.0. The summed E-state index contributed by atoms with van der Waals surface area (Å²) in [5.74, 6) is 0.718. The molecule has 9 heteroatoms. The lowest BCUT2D eigenvalue weighted by Crippen LogP contribution is -2.27. The smallest absolute Gasteiger partial charge is 0.298 e. The first-order valence-corrected chi connectivity index (χ1v) is 13.0. The van der Waals surface area contributed by atoms with Crippen LogP contribution in [0.4, 0.5) is 10.5 Å². The zero-order valence-electron chi connectivity index (χ0n) is 17.9. The highest BCUT2D eigenvalue weighted by Gasteiger charge is 2.36. The topological polar surface area (TPSA) is 55.8 Å². The minimum absolute atomic E-state index is 0.317. The summed E-state index contributed by atoms with van der Waals surface area (Å²) in [6, 6.07) is 18.1. The van der Waals surface area contributed by atoms with Crippen LogP contribution in [-0.4, -0.2) is 17.8 Å². The average Bonchev–Trinajstić information content (AvgIpc) is 3.08. The van der Waals surface area contributed by atoms with Crippen LogP contribution < -0.4 is 14.4 Å². The number of carbonyl (C=O) groups excluding carboxylic acids is 2. The third-order valence-electron chi connectivity index (χ3n) is 4.80. The average molecular weight is 624 g/mol. The van der Waals surface area contributed by atoms with Gasteiger partial charge in [0.1, 0.15) is 6.61 Å². The van der Waals surface area contributed by atoms with Gasteiger partial charge in [-0.05, 0) is 100 Å². The van der Waals surface area contributed by atoms with Crippen molar-refractivity contribution in [2.24, 2.45) is 0 Å². The van der Waals surface area contributed by atoms with Crippen molar-refractivity contribution in [2.45, 2.75) is 13.5 Å². The first-order chi connectivity index (χ1) is 16.4. The first kappa shape index (κ1) is 24.9. The van der Waals surface area contributed by atoms with E-state index >= 15 is 0 Å². The second-order valence-electron chi connectivity index (χ2n) is 7.17. The van der Waals surface area contributed by atoms with Gasteiger partial charge in [0.25, 0.3) is 11.1 Å². The lowest BCUT2D eigenvalue weighted by atomic mass is 10.1. The van der Waals surface area contributed by atoms with E-state index in [0.29, 0.717) is 50.4 Å². The van der Waals surface area contributed by atoms with Gasteiger partial charge in [0.05, 0.1) is 21.7 Å². The lowest BCUT2D eigenvalue weighted by molar-refractivity contribution is -0.113. The minimum atomic E-state index is -0.387. The van der Waals surface area contributed by atoms with Gasteiger partial charge in [0.15, 0.2) is 11.5 Å². The predicted molar refractivity (Wildman–Crippen MR) is 144 cm³/mol. The normalized spacial score (nSPS) is 14.7. The number of imide groups is 1. The quantitative estimate of drug-likeness (QED) is 0.249. The standard InChI is InChI=1S/C25H18Br2ClNO4S/c1-2-32-21-12-16(11-20(27)23(21)33-14-15-3-5-17(26)6-4-15)13-22-24(30)29(25(31)34-22)19-9-7-18(28)8-10-19/h3-13H,2,14H2,1H3/b22-13+. The largest absolute Gasteiger partial charge is 0.490 e. The molecular weight excluding hydrogens is 606 g/mol. The van der Waals surface area contributed by atoms with Crippen molar-refractivity contribution in [1.29, 1.82) is 0 Å². The number of amides is 2. The molecule has 1 heterocycles. The van der Waals surface area contributed by atoms with Crippen LogP contribution in [0.1, 0.15) is 18.1 Å². The fourth-order valence-corrected chi connectivity index (χ4v) is 5.05. The van der Waals surface area contributed by atoms with Gasteiger partial charge in [-0.15, -0.1) is 0 Å². The Bertz CT molecular complexity index is 1260. The van der Waals surface area contributed by atoms with Crippen molar-refractivity contribution in [3.8, 4) is 11.5 Å². The van der Waals surface area contributed by atoms with Gasteiger partial charge in [0, 0.05) is 9.50 Å². The molecule has 0 saturated carbocycles. The van der Waals surface area contributed by atoms with Gasteiger partial charge < -0.3 is 9.47 Å². The van der Waals surface area contributed by atoms with Gasteiger partial charge in [-0.3, -0.25) is 9.59 Å². The number of ether oxygens (including phenoxy) is 2. The molecule has 0 unspecified atom stereocenters. The molecule has 0 N–H and O–H groups in total. The fraction of sp³-hybridized carbons (Fsp3) is 0.120. The third-order valence-corrected chi connectivity index (χ3v) is 7.04. The van der Waals surface area contributed by atoms with E-state index in [4.69, 9.17) is 21.1 Å². The van der Waals surface area contributed by atoms with E-state index in [1.165, 1.54) is 0 Å². The van der Waals surface area contributed by atoms with Crippen molar-refractivity contribution in [1.82, 2.24) is 0 Å². The molecular formula is C25H18Br2ClNO4S. The highest BCUT2D eigenvalue weighted by Crippen LogP contribution is 2.40. The summed E-state index contributed by atoms with van der Waals surface area (Å²) >= 11 is 13.8. The molecule has 1 aliphatic heterocycles. The van der Waals surface area contributed by atoms with Gasteiger partial charge in [-0.1, -0.05) is 39.7 Å². The number of hydrogen-bond acceptors (Lipinski definition) is 5. The Labute approximate surface area is 223 Å². The summed E-state index contributed by atoms with van der Waals surface area (Å²) in [4.78, 5) is 27.0. The van der Waals surface area contributed by atoms with E-state index in [1.807, 2.05) is 37.3 Å². The summed E-state index contributed by atoms with van der Waals surface area (Å²) in [6.45, 7) is 2.69. The lowest BCUT2D eigenvalue weighted by Gasteiger charge is -2.15. The second-order valence-corrected chi connectivity index (χ2v) is 10.4. The van der Waals surface area contributed by atoms with Crippen LogP contribution in [0.5, 0.6) is 11.5 Å². The van der Waals surface area contributed by atoms with Crippen LogP contribution in [0.3, 0.4) is 0 Å². The number of nitrogens with zero attached hydrogens (tertiary/aromatic N) is 1. The van der Waals surface area contributed by atoms with E-state index in [-0.39, 0.29) is 11.1 Å². The van der Waals surface area contributed by atoms with Gasteiger partial charge in [-0.25, -0.2) is 4.90 Å². The number of rotatable bonds is 7. The number of halogens is 3. The predicted octanol–water partition coefficient (Wildman–Crippen LogP) is 8.08. The SMILES string of the molecule is CCOc1cc(/C=C2/SC(=O)N(c3ccc(Cl)cc3)C2=O)cc(Br)c1OCc1ccc(Br)cc1. The molecule has 1 saturated heterocycles. The molecule has 1 fully saturated rings. The molecule has 1 aliphatic rings. The van der Waals surface area contributed by atoms with Crippen molar-refractivity contribution < 1.29 is 19.1 Å². The van der Waals surface area contributed by atoms with Gasteiger partial charge >= 0.3 is 0 Å². The van der Waals surface area contributed by atoms with Crippen molar-refractivity contribution >= 4 is 78.1 Å². The highest BCUT2D eigenvalue weighted by molar-refractivity contribution is 9.10. The second kappa shape index (κ2) is 11.0. The molecule has 174 valence electrons. The molecule has 0 aliphatic carbocycles. The Hall–Kier alpha value is -2.26. The Kier molecular flexibility index (Phi) is 8.03. The molecule has 3 aromatic carbocycles. The maximum atomic E-state index is 13.0. The number of carbonyl (C=O) groups is 2. The summed E-state index contributed by atoms with van der Waals surface area (Å²) < 4.78 is 13.5. The molecule has 2 amide bonds. The molecule has 5 nitrogen and oxygen atoms in total. The summed E-state index contributed by atoms with van der Waals surface area (Å²) in [5, 5.41) is 0.166. The van der Waals surface area contributed by atoms with E-state index in [1.54, 1.807) is 36.4 Å². The third kappa shape index (κ3) is 5.68. The van der Waals surface area contributed by atoms with Crippen LogP contribution in [0, 0.1) is 0 Å². The molecule has 3 aromatic rings. The van der Waals surface area contributed by atoms with Crippen LogP contribution in [0.15, 0.2) is 74.5 Å². The maximum Gasteiger partial charge on any atom is 0.298 e. The Morgan fingerprint density at radius 1 is 1.00 bits per heavy atom. The Morgan fingerprint density at radius 2 is 1.71 bits per heavy atom. The molecule has 0 aromatic heterocycles. The van der Waals surface area contributed by atoms with Gasteiger partial charge in [0.2, 0.25) is 0 Å². The molecule has 34 heavy (non-hydrogen) atoms. The number of benzene rings is 3. The zero-order chi connectivity index (χ0) is 24.2. The zero-order valence-corrected chi connectivity index (χ0v) is 22.6. The number of thioether (sulfide) groups is 1.